The molecule has 2 heteroatoms. The van der Waals surface area contributed by atoms with Crippen LogP contribution in [0, 0.1) is 11.8 Å². The molecule has 1 nitrogen and oxygen atoms in total. The number of hydrogen-bond acceptors (Lipinski definition) is 2. The molecule has 0 bridgehead atoms. The Kier molecular flexibility index (Phi) is 5.21. The Bertz CT molecular complexity index is 336. The van der Waals surface area contributed by atoms with E-state index in [-0.39, 0.29) is 0 Å². The normalized spacial score (nSPS) is 9.29. The molecule has 0 atom stereocenters. The van der Waals surface area contributed by atoms with Crippen LogP contribution in [0.1, 0.15) is 17.5 Å². The highest BCUT2D eigenvalue weighted by Crippen LogP contribution is 2.03. The molecule has 0 saturated carbocycles. The third-order valence-electron chi connectivity index (χ3n) is 1.78. The summed E-state index contributed by atoms with van der Waals surface area (Å²) in [5.74, 6) is 7.01. The molecule has 14 heavy (non-hydrogen) atoms. The van der Waals surface area contributed by atoms with Gasteiger partial charge in [-0.2, -0.15) is 12.6 Å². The van der Waals surface area contributed by atoms with E-state index in [1.165, 1.54) is 5.56 Å². The van der Waals surface area contributed by atoms with Gasteiger partial charge in [-0.25, -0.2) is 0 Å². The summed E-state index contributed by atoms with van der Waals surface area (Å²) in [6.45, 7) is 0.891. The lowest BCUT2D eigenvalue weighted by molar-refractivity contribution is 0.817. The van der Waals surface area contributed by atoms with Crippen LogP contribution in [0.2, 0.25) is 0 Å². The molecule has 1 N–H and O–H groups in total. The Morgan fingerprint density at radius 2 is 2.29 bits per heavy atom. The second-order valence-electron chi connectivity index (χ2n) is 3.01. The minimum Gasteiger partial charge on any atom is -0.316 e. The molecule has 74 valence electrons. The minimum absolute atomic E-state index is 0.823. The maximum Gasteiger partial charge on any atom is 0.0248 e. The van der Waals surface area contributed by atoms with Gasteiger partial charge in [0.25, 0.3) is 0 Å². The van der Waals surface area contributed by atoms with E-state index >= 15 is 0 Å². The van der Waals surface area contributed by atoms with Crippen LogP contribution in [0.5, 0.6) is 0 Å². The Balaban J connectivity index is 2.69. The molecule has 0 aliphatic carbocycles. The van der Waals surface area contributed by atoms with Crippen molar-refractivity contribution in [2.75, 3.05) is 12.8 Å². The smallest absolute Gasteiger partial charge is 0.0248 e. The molecule has 0 spiro atoms. The minimum atomic E-state index is 0.823. The van der Waals surface area contributed by atoms with Gasteiger partial charge >= 0.3 is 0 Å². The van der Waals surface area contributed by atoms with Crippen LogP contribution in [0.4, 0.5) is 0 Å². The van der Waals surface area contributed by atoms with Crippen LogP contribution < -0.4 is 5.32 Å². The zero-order chi connectivity index (χ0) is 10.2. The summed E-state index contributed by atoms with van der Waals surface area (Å²) in [7, 11) is 1.94. The first-order valence-corrected chi connectivity index (χ1v) is 5.33. The highest BCUT2D eigenvalue weighted by Gasteiger charge is 1.91. The number of thiol groups is 1. The van der Waals surface area contributed by atoms with E-state index in [2.05, 4.69) is 41.9 Å². The van der Waals surface area contributed by atoms with Crippen molar-refractivity contribution in [2.45, 2.75) is 13.0 Å². The van der Waals surface area contributed by atoms with Gasteiger partial charge in [-0.05, 0) is 24.7 Å². The van der Waals surface area contributed by atoms with Gasteiger partial charge in [0.05, 0.1) is 0 Å². The standard InChI is InChI=1S/C12H15NS/c1-13-10-12-7-4-6-11(9-12)5-2-3-8-14/h4,6-7,9,13-14H,3,8,10H2,1H3. The van der Waals surface area contributed by atoms with Crippen LogP contribution in [-0.2, 0) is 6.54 Å². The van der Waals surface area contributed by atoms with Crippen LogP contribution in [0.25, 0.3) is 0 Å². The zero-order valence-electron chi connectivity index (χ0n) is 8.38. The molecule has 0 aromatic heterocycles. The zero-order valence-corrected chi connectivity index (χ0v) is 9.27. The van der Waals surface area contributed by atoms with E-state index in [4.69, 9.17) is 0 Å². The molecule has 0 heterocycles. The summed E-state index contributed by atoms with van der Waals surface area (Å²) in [5.41, 5.74) is 2.35. The van der Waals surface area contributed by atoms with Gasteiger partial charge in [0.1, 0.15) is 0 Å². The first-order chi connectivity index (χ1) is 6.86. The predicted molar refractivity (Wildman–Crippen MR) is 64.6 cm³/mol. The number of benzene rings is 1. The van der Waals surface area contributed by atoms with Crippen molar-refractivity contribution in [3.05, 3.63) is 35.4 Å². The van der Waals surface area contributed by atoms with E-state index in [1.54, 1.807) is 0 Å². The van der Waals surface area contributed by atoms with Gasteiger partial charge in [-0.3, -0.25) is 0 Å². The van der Waals surface area contributed by atoms with Gasteiger partial charge in [0, 0.05) is 24.3 Å². The predicted octanol–water partition coefficient (Wildman–Crippen LogP) is 2.08. The molecule has 0 unspecified atom stereocenters. The number of rotatable bonds is 3. The first kappa shape index (κ1) is 11.2. The van der Waals surface area contributed by atoms with E-state index in [0.29, 0.717) is 0 Å². The molecule has 0 saturated heterocycles. The summed E-state index contributed by atoms with van der Waals surface area (Å²) >= 11 is 4.11. The van der Waals surface area contributed by atoms with E-state index in [0.717, 1.165) is 24.3 Å². The van der Waals surface area contributed by atoms with Gasteiger partial charge in [-0.1, -0.05) is 24.0 Å². The molecular formula is C12H15NS. The topological polar surface area (TPSA) is 12.0 Å². The quantitative estimate of drug-likeness (QED) is 0.569. The summed E-state index contributed by atoms with van der Waals surface area (Å²) in [6, 6.07) is 8.28. The Morgan fingerprint density at radius 1 is 1.43 bits per heavy atom. The summed E-state index contributed by atoms with van der Waals surface area (Å²) < 4.78 is 0. The molecule has 0 aliphatic rings. The van der Waals surface area contributed by atoms with Crippen LogP contribution >= 0.6 is 12.6 Å². The molecule has 1 aromatic carbocycles. The van der Waals surface area contributed by atoms with Crippen molar-refractivity contribution < 1.29 is 0 Å². The molecule has 0 fully saturated rings. The lowest BCUT2D eigenvalue weighted by Gasteiger charge is -1.99. The van der Waals surface area contributed by atoms with Gasteiger partial charge in [-0.15, -0.1) is 0 Å². The average Bonchev–Trinajstić information content (AvgIpc) is 2.19. The fraction of sp³-hybridized carbons (Fsp3) is 0.333. The maximum absolute atomic E-state index is 4.11. The summed E-state index contributed by atoms with van der Waals surface area (Å²) in [6.07, 6.45) is 0.847. The average molecular weight is 205 g/mol. The second-order valence-corrected chi connectivity index (χ2v) is 3.45. The second kappa shape index (κ2) is 6.53. The van der Waals surface area contributed by atoms with E-state index in [9.17, 15) is 0 Å². The molecule has 0 radical (unpaired) electrons. The van der Waals surface area contributed by atoms with Crippen molar-refractivity contribution >= 4 is 12.6 Å². The summed E-state index contributed by atoms with van der Waals surface area (Å²) in [5, 5.41) is 3.12. The Morgan fingerprint density at radius 3 is 3.00 bits per heavy atom. The van der Waals surface area contributed by atoms with E-state index < -0.39 is 0 Å². The molecule has 1 rings (SSSR count). The number of nitrogens with one attached hydrogen (secondary N) is 1. The van der Waals surface area contributed by atoms with Crippen molar-refractivity contribution in [3.8, 4) is 11.8 Å². The SMILES string of the molecule is CNCc1cccc(C#CCCS)c1. The lowest BCUT2D eigenvalue weighted by atomic mass is 10.1. The highest BCUT2D eigenvalue weighted by molar-refractivity contribution is 7.80. The first-order valence-electron chi connectivity index (χ1n) is 4.70. The third-order valence-corrected chi connectivity index (χ3v) is 2.00. The highest BCUT2D eigenvalue weighted by atomic mass is 32.1. The monoisotopic (exact) mass is 205 g/mol. The molecule has 0 amide bonds. The molecule has 1 aromatic rings. The molecular weight excluding hydrogens is 190 g/mol. The Labute approximate surface area is 91.3 Å². The largest absolute Gasteiger partial charge is 0.316 e. The van der Waals surface area contributed by atoms with Gasteiger partial charge in [0.15, 0.2) is 0 Å². The van der Waals surface area contributed by atoms with Crippen LogP contribution in [-0.4, -0.2) is 12.8 Å². The van der Waals surface area contributed by atoms with Crippen LogP contribution in [0.15, 0.2) is 24.3 Å². The van der Waals surface area contributed by atoms with E-state index in [1.807, 2.05) is 19.2 Å². The van der Waals surface area contributed by atoms with Gasteiger partial charge in [0.2, 0.25) is 0 Å². The summed E-state index contributed by atoms with van der Waals surface area (Å²) in [4.78, 5) is 0. The van der Waals surface area contributed by atoms with Crippen LogP contribution in [0.3, 0.4) is 0 Å². The van der Waals surface area contributed by atoms with Crippen molar-refractivity contribution in [2.24, 2.45) is 0 Å². The van der Waals surface area contributed by atoms with Crippen molar-refractivity contribution in [1.82, 2.24) is 5.32 Å². The molecule has 0 aliphatic heterocycles. The maximum atomic E-state index is 4.11. The van der Waals surface area contributed by atoms with Crippen molar-refractivity contribution in [1.29, 1.82) is 0 Å². The fourth-order valence-corrected chi connectivity index (χ4v) is 1.30. The Hall–Kier alpha value is -0.910. The fourth-order valence-electron chi connectivity index (χ4n) is 1.18. The van der Waals surface area contributed by atoms with Crippen molar-refractivity contribution in [3.63, 3.8) is 0 Å². The third kappa shape index (κ3) is 3.87. The number of hydrogen-bond donors (Lipinski definition) is 2. The van der Waals surface area contributed by atoms with Gasteiger partial charge < -0.3 is 5.32 Å². The lowest BCUT2D eigenvalue weighted by Crippen LogP contribution is -2.04.